The van der Waals surface area contributed by atoms with E-state index in [0.29, 0.717) is 11.5 Å². The van der Waals surface area contributed by atoms with E-state index in [9.17, 15) is 4.39 Å². The zero-order valence-corrected chi connectivity index (χ0v) is 15.8. The topological polar surface area (TPSA) is 54.7 Å². The van der Waals surface area contributed by atoms with Crippen LogP contribution in [-0.2, 0) is 4.74 Å². The molecule has 3 heterocycles. The molecule has 2 aromatic carbocycles. The van der Waals surface area contributed by atoms with Gasteiger partial charge in [0.1, 0.15) is 5.82 Å². The highest BCUT2D eigenvalue weighted by Crippen LogP contribution is 2.26. The van der Waals surface area contributed by atoms with Crippen molar-refractivity contribution in [1.29, 1.82) is 0 Å². The first kappa shape index (κ1) is 17.6. The molecule has 1 aliphatic rings. The number of imidazole rings is 1. The summed E-state index contributed by atoms with van der Waals surface area (Å²) >= 11 is 0. The zero-order chi connectivity index (χ0) is 19.6. The Labute approximate surface area is 167 Å². The molecule has 0 aliphatic carbocycles. The molecule has 1 N–H and O–H groups in total. The highest BCUT2D eigenvalue weighted by molar-refractivity contribution is 5.74. The normalized spacial score (nSPS) is 14.3. The summed E-state index contributed by atoms with van der Waals surface area (Å²) < 4.78 is 20.6. The minimum Gasteiger partial charge on any atom is -0.378 e. The molecule has 1 aliphatic heterocycles. The molecule has 0 radical (unpaired) electrons. The van der Waals surface area contributed by atoms with Gasteiger partial charge in [-0.3, -0.25) is 4.40 Å². The van der Waals surface area contributed by atoms with Gasteiger partial charge in [0.25, 0.3) is 0 Å². The van der Waals surface area contributed by atoms with Crippen molar-refractivity contribution in [3.05, 3.63) is 72.9 Å². The van der Waals surface area contributed by atoms with Crippen LogP contribution in [0.4, 0.5) is 21.6 Å². The van der Waals surface area contributed by atoms with Gasteiger partial charge in [-0.25, -0.2) is 14.4 Å². The SMILES string of the molecule is Fc1ccc(-c2cnc(Nc3ccc(N4CCOCC4)cc3)c3nccn23)cc1. The van der Waals surface area contributed by atoms with E-state index in [0.717, 1.165) is 43.2 Å². The Morgan fingerprint density at radius 3 is 2.45 bits per heavy atom. The van der Waals surface area contributed by atoms with Crippen LogP contribution < -0.4 is 10.2 Å². The van der Waals surface area contributed by atoms with Crippen LogP contribution in [0.3, 0.4) is 0 Å². The molecule has 0 spiro atoms. The standard InChI is InChI=1S/C22H20FN5O/c23-17-3-1-16(2-4-17)20-15-25-21(22-24-9-10-28(20)22)26-18-5-7-19(8-6-18)27-11-13-29-14-12-27/h1-10,15H,11-14H2,(H,25,26). The van der Waals surface area contributed by atoms with Crippen LogP contribution >= 0.6 is 0 Å². The van der Waals surface area contributed by atoms with Crippen LogP contribution in [0.5, 0.6) is 0 Å². The number of nitrogens with one attached hydrogen (secondary N) is 1. The minimum atomic E-state index is -0.262. The first-order valence-corrected chi connectivity index (χ1v) is 9.56. The molecule has 2 aromatic heterocycles. The highest BCUT2D eigenvalue weighted by Gasteiger charge is 2.13. The fraction of sp³-hybridized carbons (Fsp3) is 0.182. The van der Waals surface area contributed by atoms with Crippen molar-refractivity contribution in [2.75, 3.05) is 36.5 Å². The van der Waals surface area contributed by atoms with Crippen LogP contribution in [0.25, 0.3) is 16.9 Å². The van der Waals surface area contributed by atoms with Gasteiger partial charge in [-0.05, 0) is 48.5 Å². The third-order valence-corrected chi connectivity index (χ3v) is 5.07. The van der Waals surface area contributed by atoms with E-state index in [-0.39, 0.29) is 5.82 Å². The fourth-order valence-corrected chi connectivity index (χ4v) is 3.55. The smallest absolute Gasteiger partial charge is 0.180 e. The van der Waals surface area contributed by atoms with Crippen molar-refractivity contribution in [2.45, 2.75) is 0 Å². The summed E-state index contributed by atoms with van der Waals surface area (Å²) in [6, 6.07) is 14.7. The number of hydrogen-bond donors (Lipinski definition) is 1. The Kier molecular flexibility index (Phi) is 4.57. The quantitative estimate of drug-likeness (QED) is 0.569. The summed E-state index contributed by atoms with van der Waals surface area (Å²) in [7, 11) is 0. The molecule has 29 heavy (non-hydrogen) atoms. The van der Waals surface area contributed by atoms with Crippen LogP contribution in [0.2, 0.25) is 0 Å². The predicted molar refractivity (Wildman–Crippen MR) is 111 cm³/mol. The van der Waals surface area contributed by atoms with E-state index in [4.69, 9.17) is 4.74 Å². The fourth-order valence-electron chi connectivity index (χ4n) is 3.55. The number of ether oxygens (including phenoxy) is 1. The third-order valence-electron chi connectivity index (χ3n) is 5.07. The molecule has 0 saturated carbocycles. The van der Waals surface area contributed by atoms with E-state index in [1.165, 1.54) is 17.8 Å². The summed E-state index contributed by atoms with van der Waals surface area (Å²) in [6.45, 7) is 3.35. The van der Waals surface area contributed by atoms with E-state index in [1.54, 1.807) is 24.5 Å². The Hall–Kier alpha value is -3.45. The molecular formula is C22H20FN5O. The minimum absolute atomic E-state index is 0.262. The summed E-state index contributed by atoms with van der Waals surface area (Å²) in [5.41, 5.74) is 4.57. The summed E-state index contributed by atoms with van der Waals surface area (Å²) in [5, 5.41) is 3.35. The lowest BCUT2D eigenvalue weighted by molar-refractivity contribution is 0.122. The number of halogens is 1. The molecule has 7 heteroatoms. The molecule has 4 aromatic rings. The van der Waals surface area contributed by atoms with Gasteiger partial charge in [0.05, 0.1) is 25.1 Å². The Balaban J connectivity index is 1.42. The van der Waals surface area contributed by atoms with E-state index in [1.807, 2.05) is 22.7 Å². The maximum Gasteiger partial charge on any atom is 0.180 e. The van der Waals surface area contributed by atoms with Crippen molar-refractivity contribution < 1.29 is 9.13 Å². The van der Waals surface area contributed by atoms with Gasteiger partial charge in [0, 0.05) is 42.4 Å². The largest absolute Gasteiger partial charge is 0.378 e. The highest BCUT2D eigenvalue weighted by atomic mass is 19.1. The van der Waals surface area contributed by atoms with E-state index < -0.39 is 0 Å². The van der Waals surface area contributed by atoms with Crippen LogP contribution in [0, 0.1) is 5.82 Å². The molecule has 1 saturated heterocycles. The number of rotatable bonds is 4. The Morgan fingerprint density at radius 2 is 1.69 bits per heavy atom. The first-order valence-electron chi connectivity index (χ1n) is 9.56. The lowest BCUT2D eigenvalue weighted by Gasteiger charge is -2.28. The van der Waals surface area contributed by atoms with Crippen LogP contribution in [0.15, 0.2) is 67.1 Å². The molecule has 0 bridgehead atoms. The average molecular weight is 389 g/mol. The van der Waals surface area contributed by atoms with Crippen molar-refractivity contribution in [1.82, 2.24) is 14.4 Å². The first-order chi connectivity index (χ1) is 14.3. The second-order valence-electron chi connectivity index (χ2n) is 6.89. The number of anilines is 3. The molecule has 5 rings (SSSR count). The summed E-state index contributed by atoms with van der Waals surface area (Å²) in [6.07, 6.45) is 5.38. The molecule has 0 unspecified atom stereocenters. The molecule has 0 amide bonds. The molecule has 1 fully saturated rings. The summed E-state index contributed by atoms with van der Waals surface area (Å²) in [5.74, 6) is 0.405. The lowest BCUT2D eigenvalue weighted by atomic mass is 10.1. The predicted octanol–water partition coefficient (Wildman–Crippen LogP) is 4.12. The van der Waals surface area contributed by atoms with E-state index in [2.05, 4.69) is 32.3 Å². The number of benzene rings is 2. The zero-order valence-electron chi connectivity index (χ0n) is 15.8. The van der Waals surface area contributed by atoms with Crippen molar-refractivity contribution in [3.8, 4) is 11.3 Å². The Morgan fingerprint density at radius 1 is 0.931 bits per heavy atom. The van der Waals surface area contributed by atoms with Crippen molar-refractivity contribution in [3.63, 3.8) is 0 Å². The second kappa shape index (κ2) is 7.52. The molecule has 0 atom stereocenters. The second-order valence-corrected chi connectivity index (χ2v) is 6.89. The number of morpholine rings is 1. The van der Waals surface area contributed by atoms with Gasteiger partial charge >= 0.3 is 0 Å². The van der Waals surface area contributed by atoms with Crippen LogP contribution in [0.1, 0.15) is 0 Å². The van der Waals surface area contributed by atoms with Crippen molar-refractivity contribution in [2.24, 2.45) is 0 Å². The maximum absolute atomic E-state index is 13.3. The number of nitrogens with zero attached hydrogens (tertiary/aromatic N) is 4. The number of hydrogen-bond acceptors (Lipinski definition) is 5. The van der Waals surface area contributed by atoms with Crippen LogP contribution in [-0.4, -0.2) is 40.7 Å². The maximum atomic E-state index is 13.3. The van der Waals surface area contributed by atoms with Gasteiger partial charge in [0.2, 0.25) is 0 Å². The van der Waals surface area contributed by atoms with Gasteiger partial charge in [0.15, 0.2) is 11.5 Å². The van der Waals surface area contributed by atoms with E-state index >= 15 is 0 Å². The van der Waals surface area contributed by atoms with Gasteiger partial charge in [-0.2, -0.15) is 0 Å². The van der Waals surface area contributed by atoms with Gasteiger partial charge < -0.3 is 15.0 Å². The summed E-state index contributed by atoms with van der Waals surface area (Å²) in [4.78, 5) is 11.3. The lowest BCUT2D eigenvalue weighted by Crippen LogP contribution is -2.36. The van der Waals surface area contributed by atoms with Gasteiger partial charge in [-0.1, -0.05) is 0 Å². The molecule has 146 valence electrons. The third kappa shape index (κ3) is 3.52. The number of fused-ring (bicyclic) bond motifs is 1. The number of aromatic nitrogens is 3. The molecular weight excluding hydrogens is 369 g/mol. The molecule has 6 nitrogen and oxygen atoms in total. The van der Waals surface area contributed by atoms with Gasteiger partial charge in [-0.15, -0.1) is 0 Å². The monoisotopic (exact) mass is 389 g/mol. The van der Waals surface area contributed by atoms with Crippen molar-refractivity contribution >= 4 is 22.8 Å². The Bertz CT molecular complexity index is 1120. The average Bonchev–Trinajstić information content (AvgIpc) is 3.26.